The van der Waals surface area contributed by atoms with Gasteiger partial charge in [-0.2, -0.15) is 0 Å². The number of anilines is 2. The normalized spacial score (nSPS) is 20.9. The van der Waals surface area contributed by atoms with E-state index in [0.717, 1.165) is 0 Å². The molecule has 0 aromatic heterocycles. The molecule has 2 aliphatic heterocycles. The third-order valence-corrected chi connectivity index (χ3v) is 5.76. The molecule has 2 aromatic rings. The third kappa shape index (κ3) is 3.69. The van der Waals surface area contributed by atoms with Crippen LogP contribution in [-0.4, -0.2) is 53.0 Å². The molecule has 9 heteroatoms. The van der Waals surface area contributed by atoms with Crippen LogP contribution in [0.15, 0.2) is 42.5 Å². The van der Waals surface area contributed by atoms with Crippen molar-refractivity contribution in [2.75, 3.05) is 23.3 Å². The molecule has 7 nitrogen and oxygen atoms in total. The van der Waals surface area contributed by atoms with Crippen molar-refractivity contribution in [3.8, 4) is 0 Å². The predicted octanol–water partition coefficient (Wildman–Crippen LogP) is 2.55. The van der Waals surface area contributed by atoms with Crippen molar-refractivity contribution in [2.24, 2.45) is 0 Å². The summed E-state index contributed by atoms with van der Waals surface area (Å²) in [5.74, 6) is -1.18. The van der Waals surface area contributed by atoms with Gasteiger partial charge in [-0.3, -0.25) is 14.4 Å². The Morgan fingerprint density at radius 1 is 1.14 bits per heavy atom. The van der Waals surface area contributed by atoms with Crippen molar-refractivity contribution in [3.63, 3.8) is 0 Å². The van der Waals surface area contributed by atoms with E-state index in [2.05, 4.69) is 5.32 Å². The van der Waals surface area contributed by atoms with Crippen molar-refractivity contribution in [3.05, 3.63) is 58.1 Å². The van der Waals surface area contributed by atoms with Crippen LogP contribution >= 0.6 is 23.2 Å². The second-order valence-corrected chi connectivity index (χ2v) is 7.80. The number of benzene rings is 2. The highest BCUT2D eigenvalue weighted by atomic mass is 35.5. The lowest BCUT2D eigenvalue weighted by atomic mass is 10.1. The summed E-state index contributed by atoms with van der Waals surface area (Å²) in [6.07, 6.45) is -0.631. The van der Waals surface area contributed by atoms with Crippen molar-refractivity contribution in [2.45, 2.75) is 18.6 Å². The number of fused-ring (bicyclic) bond motifs is 2. The molecule has 1 fully saturated rings. The molecule has 2 heterocycles. The number of nitrogens with zero attached hydrogens (tertiary/aromatic N) is 2. The smallest absolute Gasteiger partial charge is 0.256 e. The molecule has 2 aromatic carbocycles. The number of aliphatic hydroxyl groups is 1. The fraction of sp³-hybridized carbons (Fsp3) is 0.250. The number of carbonyl (C=O) groups excluding carboxylic acids is 3. The molecular weight excluding hydrogens is 417 g/mol. The van der Waals surface area contributed by atoms with Gasteiger partial charge in [0.1, 0.15) is 12.6 Å². The molecular formula is C20H17Cl2N3O4. The quantitative estimate of drug-likeness (QED) is 0.777. The van der Waals surface area contributed by atoms with Crippen LogP contribution in [0.3, 0.4) is 0 Å². The maximum atomic E-state index is 13.2. The third-order valence-electron chi connectivity index (χ3n) is 5.02. The summed E-state index contributed by atoms with van der Waals surface area (Å²) >= 11 is 11.9. The molecule has 4 rings (SSSR count). The highest BCUT2D eigenvalue weighted by molar-refractivity contribution is 6.42. The van der Waals surface area contributed by atoms with Gasteiger partial charge >= 0.3 is 0 Å². The second kappa shape index (κ2) is 7.67. The van der Waals surface area contributed by atoms with Gasteiger partial charge in [0.25, 0.3) is 5.91 Å². The van der Waals surface area contributed by atoms with Crippen LogP contribution in [0.2, 0.25) is 10.0 Å². The van der Waals surface area contributed by atoms with Crippen molar-refractivity contribution in [1.82, 2.24) is 4.90 Å². The minimum atomic E-state index is -0.803. The molecule has 150 valence electrons. The summed E-state index contributed by atoms with van der Waals surface area (Å²) < 4.78 is 0. The number of rotatable bonds is 3. The summed E-state index contributed by atoms with van der Waals surface area (Å²) in [6.45, 7) is -0.198. The number of nitrogens with one attached hydrogen (secondary N) is 1. The van der Waals surface area contributed by atoms with Gasteiger partial charge in [-0.05, 0) is 30.3 Å². The maximum Gasteiger partial charge on any atom is 0.256 e. The number of halogens is 2. The van der Waals surface area contributed by atoms with Gasteiger partial charge in [-0.1, -0.05) is 35.3 Å². The van der Waals surface area contributed by atoms with E-state index in [1.54, 1.807) is 36.4 Å². The van der Waals surface area contributed by atoms with E-state index in [9.17, 15) is 19.5 Å². The Kier molecular flexibility index (Phi) is 5.21. The van der Waals surface area contributed by atoms with Crippen LogP contribution in [0.1, 0.15) is 16.8 Å². The van der Waals surface area contributed by atoms with Crippen molar-refractivity contribution in [1.29, 1.82) is 0 Å². The van der Waals surface area contributed by atoms with Crippen LogP contribution in [0, 0.1) is 0 Å². The molecule has 2 N–H and O–H groups in total. The SMILES string of the molecule is O=C(CN1C(=O)[C@H]2C[C@@H](O)CN2C(=O)c2ccccc21)Nc1ccc(Cl)c(Cl)c1. The Morgan fingerprint density at radius 2 is 1.90 bits per heavy atom. The molecule has 0 spiro atoms. The average molecular weight is 434 g/mol. The van der Waals surface area contributed by atoms with Crippen molar-refractivity contribution < 1.29 is 19.5 Å². The number of carbonyl (C=O) groups is 3. The largest absolute Gasteiger partial charge is 0.391 e. The fourth-order valence-corrected chi connectivity index (χ4v) is 3.99. The van der Waals surface area contributed by atoms with Gasteiger partial charge in [-0.25, -0.2) is 0 Å². The number of hydrogen-bond acceptors (Lipinski definition) is 4. The van der Waals surface area contributed by atoms with E-state index in [1.807, 2.05) is 0 Å². The Labute approximate surface area is 176 Å². The maximum absolute atomic E-state index is 13.2. The van der Waals surface area contributed by atoms with Gasteiger partial charge in [0.15, 0.2) is 0 Å². The summed E-state index contributed by atoms with van der Waals surface area (Å²) in [4.78, 5) is 41.4. The lowest BCUT2D eigenvalue weighted by Gasteiger charge is -2.25. The van der Waals surface area contributed by atoms with Crippen LogP contribution in [0.4, 0.5) is 11.4 Å². The number of aliphatic hydroxyl groups excluding tert-OH is 1. The molecule has 29 heavy (non-hydrogen) atoms. The molecule has 2 atom stereocenters. The standard InChI is InChI=1S/C20H17Cl2N3O4/c21-14-6-5-11(7-15(14)22)23-18(27)10-25-16-4-2-1-3-13(16)19(28)24-9-12(26)8-17(24)20(25)29/h1-7,12,17,26H,8-10H2,(H,23,27)/t12-,17-/m1/s1. The average Bonchev–Trinajstić information content (AvgIpc) is 3.07. The van der Waals surface area contributed by atoms with E-state index in [-0.39, 0.29) is 25.4 Å². The van der Waals surface area contributed by atoms with E-state index in [0.29, 0.717) is 27.0 Å². The van der Waals surface area contributed by atoms with Crippen LogP contribution in [-0.2, 0) is 9.59 Å². The zero-order valence-electron chi connectivity index (χ0n) is 15.1. The minimum Gasteiger partial charge on any atom is -0.391 e. The zero-order chi connectivity index (χ0) is 20.7. The molecule has 0 radical (unpaired) electrons. The molecule has 0 bridgehead atoms. The zero-order valence-corrected chi connectivity index (χ0v) is 16.7. The minimum absolute atomic E-state index is 0.0902. The van der Waals surface area contributed by atoms with E-state index in [4.69, 9.17) is 23.2 Å². The molecule has 0 unspecified atom stereocenters. The molecule has 3 amide bonds. The Balaban J connectivity index is 1.63. The second-order valence-electron chi connectivity index (χ2n) is 6.98. The van der Waals surface area contributed by atoms with Crippen LogP contribution < -0.4 is 10.2 Å². The Hall–Kier alpha value is -2.61. The Bertz CT molecular complexity index is 1010. The molecule has 0 aliphatic carbocycles. The van der Waals surface area contributed by atoms with Gasteiger partial charge in [0, 0.05) is 18.7 Å². The van der Waals surface area contributed by atoms with Gasteiger partial charge in [0.2, 0.25) is 11.8 Å². The number of hydrogen-bond donors (Lipinski definition) is 2. The van der Waals surface area contributed by atoms with E-state index in [1.165, 1.54) is 15.9 Å². The topological polar surface area (TPSA) is 90.0 Å². The molecule has 1 saturated heterocycles. The lowest BCUT2D eigenvalue weighted by molar-refractivity contribution is -0.124. The first-order valence-corrected chi connectivity index (χ1v) is 9.75. The first-order chi connectivity index (χ1) is 13.8. The van der Waals surface area contributed by atoms with Crippen LogP contribution in [0.5, 0.6) is 0 Å². The fourth-order valence-electron chi connectivity index (χ4n) is 3.70. The van der Waals surface area contributed by atoms with Gasteiger partial charge < -0.3 is 20.2 Å². The monoisotopic (exact) mass is 433 g/mol. The predicted molar refractivity (Wildman–Crippen MR) is 109 cm³/mol. The van der Waals surface area contributed by atoms with Gasteiger partial charge in [-0.15, -0.1) is 0 Å². The lowest BCUT2D eigenvalue weighted by Crippen LogP contribution is -2.47. The molecule has 2 aliphatic rings. The van der Waals surface area contributed by atoms with E-state index >= 15 is 0 Å². The summed E-state index contributed by atoms with van der Waals surface area (Å²) in [5.41, 5.74) is 1.13. The summed E-state index contributed by atoms with van der Waals surface area (Å²) in [7, 11) is 0. The highest BCUT2D eigenvalue weighted by Gasteiger charge is 2.45. The van der Waals surface area contributed by atoms with Crippen molar-refractivity contribution >= 4 is 52.3 Å². The number of para-hydroxylation sites is 1. The number of amides is 3. The summed E-state index contributed by atoms with van der Waals surface area (Å²) in [5, 5.41) is 13.3. The van der Waals surface area contributed by atoms with Crippen LogP contribution in [0.25, 0.3) is 0 Å². The van der Waals surface area contributed by atoms with Gasteiger partial charge in [0.05, 0.1) is 27.4 Å². The van der Waals surface area contributed by atoms with E-state index < -0.39 is 24.0 Å². The first kappa shape index (κ1) is 19.7. The Morgan fingerprint density at radius 3 is 2.66 bits per heavy atom. The first-order valence-electron chi connectivity index (χ1n) is 8.99. The summed E-state index contributed by atoms with van der Waals surface area (Å²) in [6, 6.07) is 10.5. The molecule has 0 saturated carbocycles. The highest BCUT2D eigenvalue weighted by Crippen LogP contribution is 2.32.